The Morgan fingerprint density at radius 2 is 1.96 bits per heavy atom. The Kier molecular flexibility index (Phi) is 5.73. The number of pyridine rings is 1. The van der Waals surface area contributed by atoms with Crippen molar-refractivity contribution in [2.45, 2.75) is 57.1 Å². The van der Waals surface area contributed by atoms with E-state index in [1.807, 2.05) is 0 Å². The molecule has 1 saturated heterocycles. The number of carbonyl (C=O) groups excluding carboxylic acids is 1. The molecule has 1 aromatic heterocycles. The first-order valence-corrected chi connectivity index (χ1v) is 8.81. The number of hydrogen-bond donors (Lipinski definition) is 1. The van der Waals surface area contributed by atoms with Crippen molar-refractivity contribution in [1.82, 2.24) is 10.3 Å². The molecule has 0 atom stereocenters. The van der Waals surface area contributed by atoms with E-state index >= 15 is 0 Å². The lowest BCUT2D eigenvalue weighted by atomic mass is 9.95. The van der Waals surface area contributed by atoms with E-state index in [1.54, 1.807) is 12.3 Å². The van der Waals surface area contributed by atoms with E-state index in [4.69, 9.17) is 21.1 Å². The first kappa shape index (κ1) is 16.5. The van der Waals surface area contributed by atoms with Gasteiger partial charge in [0.25, 0.3) is 5.91 Å². The monoisotopic (exact) mass is 338 g/mol. The number of aromatic nitrogens is 1. The molecule has 126 valence electrons. The third-order valence-electron chi connectivity index (χ3n) is 4.46. The summed E-state index contributed by atoms with van der Waals surface area (Å²) in [5, 5.41) is 3.45. The molecule has 5 nitrogen and oxygen atoms in total. The molecule has 1 amide bonds. The highest BCUT2D eigenvalue weighted by atomic mass is 35.5. The van der Waals surface area contributed by atoms with E-state index in [-0.39, 0.29) is 18.1 Å². The summed E-state index contributed by atoms with van der Waals surface area (Å²) in [4.78, 5) is 16.5. The van der Waals surface area contributed by atoms with Crippen molar-refractivity contribution >= 4 is 17.5 Å². The Hall–Kier alpha value is -1.33. The maximum atomic E-state index is 12.3. The average molecular weight is 339 g/mol. The zero-order chi connectivity index (χ0) is 16.1. The fourth-order valence-electron chi connectivity index (χ4n) is 3.10. The van der Waals surface area contributed by atoms with E-state index in [1.165, 1.54) is 19.3 Å². The molecule has 1 N–H and O–H groups in total. The molecule has 1 aromatic rings. The molecule has 0 radical (unpaired) electrons. The molecular formula is C17H23ClN2O3. The van der Waals surface area contributed by atoms with Crippen molar-refractivity contribution in [3.05, 3.63) is 22.8 Å². The van der Waals surface area contributed by atoms with Gasteiger partial charge >= 0.3 is 0 Å². The highest BCUT2D eigenvalue weighted by Crippen LogP contribution is 2.26. The number of halogens is 1. The number of ether oxygens (including phenoxy) is 2. The van der Waals surface area contributed by atoms with Crippen LogP contribution in [-0.4, -0.2) is 36.3 Å². The highest BCUT2D eigenvalue weighted by molar-refractivity contribution is 6.32. The van der Waals surface area contributed by atoms with Crippen molar-refractivity contribution in [2.24, 2.45) is 0 Å². The zero-order valence-electron chi connectivity index (χ0n) is 13.2. The summed E-state index contributed by atoms with van der Waals surface area (Å²) in [5.74, 6) is 0.289. The molecule has 1 aliphatic heterocycles. The van der Waals surface area contributed by atoms with Gasteiger partial charge in [0.1, 0.15) is 11.1 Å². The fraction of sp³-hybridized carbons (Fsp3) is 0.647. The summed E-state index contributed by atoms with van der Waals surface area (Å²) in [6, 6.07) is 1.91. The van der Waals surface area contributed by atoms with Crippen LogP contribution in [0.4, 0.5) is 0 Å². The second-order valence-electron chi connectivity index (χ2n) is 6.25. The molecule has 6 heteroatoms. The Morgan fingerprint density at radius 1 is 1.22 bits per heavy atom. The Bertz CT molecular complexity index is 541. The Labute approximate surface area is 141 Å². The van der Waals surface area contributed by atoms with Crippen LogP contribution in [0.5, 0.6) is 5.88 Å². The van der Waals surface area contributed by atoms with Gasteiger partial charge in [-0.2, -0.15) is 0 Å². The number of carbonyl (C=O) groups is 1. The molecule has 2 aliphatic rings. The van der Waals surface area contributed by atoms with Crippen molar-refractivity contribution in [3.8, 4) is 5.88 Å². The van der Waals surface area contributed by atoms with Crippen molar-refractivity contribution in [1.29, 1.82) is 0 Å². The van der Waals surface area contributed by atoms with Crippen LogP contribution in [0.25, 0.3) is 0 Å². The maximum absolute atomic E-state index is 12.3. The molecule has 1 saturated carbocycles. The summed E-state index contributed by atoms with van der Waals surface area (Å²) < 4.78 is 11.1. The molecule has 2 heterocycles. The van der Waals surface area contributed by atoms with E-state index in [9.17, 15) is 4.79 Å². The molecule has 0 spiro atoms. The van der Waals surface area contributed by atoms with E-state index in [2.05, 4.69) is 10.3 Å². The van der Waals surface area contributed by atoms with E-state index in [0.717, 1.165) is 25.7 Å². The molecule has 23 heavy (non-hydrogen) atoms. The van der Waals surface area contributed by atoms with Crippen LogP contribution in [0.15, 0.2) is 12.3 Å². The number of amides is 1. The average Bonchev–Trinajstić information content (AvgIpc) is 2.58. The zero-order valence-corrected chi connectivity index (χ0v) is 14.0. The van der Waals surface area contributed by atoms with Crippen LogP contribution >= 0.6 is 11.6 Å². The predicted octanol–water partition coefficient (Wildman–Crippen LogP) is 3.36. The SMILES string of the molecule is O=C(NC1CCCCC1)c1cnc(OC2CCOCC2)c(Cl)c1. The minimum atomic E-state index is -0.107. The van der Waals surface area contributed by atoms with Crippen LogP contribution in [0.3, 0.4) is 0 Å². The normalized spacial score (nSPS) is 20.2. The summed E-state index contributed by atoms with van der Waals surface area (Å²) in [5.41, 5.74) is 0.486. The van der Waals surface area contributed by atoms with Crippen LogP contribution in [0.1, 0.15) is 55.3 Å². The molecule has 0 unspecified atom stereocenters. The summed E-state index contributed by atoms with van der Waals surface area (Å²) in [7, 11) is 0. The maximum Gasteiger partial charge on any atom is 0.253 e. The van der Waals surface area contributed by atoms with Crippen molar-refractivity contribution < 1.29 is 14.3 Å². The minimum absolute atomic E-state index is 0.0793. The van der Waals surface area contributed by atoms with Crippen molar-refractivity contribution in [2.75, 3.05) is 13.2 Å². The van der Waals surface area contributed by atoms with E-state index < -0.39 is 0 Å². The third-order valence-corrected chi connectivity index (χ3v) is 4.73. The van der Waals surface area contributed by atoms with Crippen LogP contribution in [0, 0.1) is 0 Å². The lowest BCUT2D eigenvalue weighted by Crippen LogP contribution is -2.36. The quantitative estimate of drug-likeness (QED) is 0.914. The predicted molar refractivity (Wildman–Crippen MR) is 88.1 cm³/mol. The van der Waals surface area contributed by atoms with Gasteiger partial charge in [0.05, 0.1) is 18.8 Å². The van der Waals surface area contributed by atoms with Crippen LogP contribution in [0.2, 0.25) is 5.02 Å². The minimum Gasteiger partial charge on any atom is -0.473 e. The summed E-state index contributed by atoms with van der Waals surface area (Å²) >= 11 is 6.24. The van der Waals surface area contributed by atoms with Gasteiger partial charge in [-0.1, -0.05) is 30.9 Å². The van der Waals surface area contributed by atoms with Gasteiger partial charge in [0.2, 0.25) is 5.88 Å². The van der Waals surface area contributed by atoms with Gasteiger partial charge in [0, 0.05) is 25.1 Å². The van der Waals surface area contributed by atoms with Crippen LogP contribution in [-0.2, 0) is 4.74 Å². The number of nitrogens with zero attached hydrogens (tertiary/aromatic N) is 1. The third kappa shape index (κ3) is 4.58. The van der Waals surface area contributed by atoms with Gasteiger partial charge in [-0.05, 0) is 18.9 Å². The molecule has 3 rings (SSSR count). The molecular weight excluding hydrogens is 316 g/mol. The summed E-state index contributed by atoms with van der Waals surface area (Å²) in [6.07, 6.45) is 9.02. The van der Waals surface area contributed by atoms with Gasteiger partial charge in [-0.3, -0.25) is 4.79 Å². The van der Waals surface area contributed by atoms with Crippen LogP contribution < -0.4 is 10.1 Å². The van der Waals surface area contributed by atoms with Gasteiger partial charge in [-0.15, -0.1) is 0 Å². The lowest BCUT2D eigenvalue weighted by molar-refractivity contribution is 0.0238. The fourth-order valence-corrected chi connectivity index (χ4v) is 3.31. The molecule has 0 bridgehead atoms. The first-order valence-electron chi connectivity index (χ1n) is 8.43. The van der Waals surface area contributed by atoms with Gasteiger partial charge in [0.15, 0.2) is 0 Å². The Morgan fingerprint density at radius 3 is 2.65 bits per heavy atom. The molecule has 2 fully saturated rings. The molecule has 0 aromatic carbocycles. The van der Waals surface area contributed by atoms with Gasteiger partial charge in [-0.25, -0.2) is 4.98 Å². The molecule has 1 aliphatic carbocycles. The number of rotatable bonds is 4. The van der Waals surface area contributed by atoms with Crippen molar-refractivity contribution in [3.63, 3.8) is 0 Å². The van der Waals surface area contributed by atoms with E-state index in [0.29, 0.717) is 29.7 Å². The number of nitrogens with one attached hydrogen (secondary N) is 1. The lowest BCUT2D eigenvalue weighted by Gasteiger charge is -2.24. The van der Waals surface area contributed by atoms with Gasteiger partial charge < -0.3 is 14.8 Å². The second-order valence-corrected chi connectivity index (χ2v) is 6.66. The first-order chi connectivity index (χ1) is 11.2. The largest absolute Gasteiger partial charge is 0.473 e. The second kappa shape index (κ2) is 7.97. The Balaban J connectivity index is 1.60. The highest BCUT2D eigenvalue weighted by Gasteiger charge is 2.20. The standard InChI is InChI=1S/C17H23ClN2O3/c18-15-10-12(16(21)20-13-4-2-1-3-5-13)11-19-17(15)23-14-6-8-22-9-7-14/h10-11,13-14H,1-9H2,(H,20,21). The number of hydrogen-bond acceptors (Lipinski definition) is 4. The summed E-state index contributed by atoms with van der Waals surface area (Å²) in [6.45, 7) is 1.40. The topological polar surface area (TPSA) is 60.5 Å². The smallest absolute Gasteiger partial charge is 0.253 e.